The second-order valence-electron chi connectivity index (χ2n) is 5.01. The minimum absolute atomic E-state index is 0.259. The first-order chi connectivity index (χ1) is 10.2. The summed E-state index contributed by atoms with van der Waals surface area (Å²) in [5, 5.41) is 19.0. The van der Waals surface area contributed by atoms with Crippen molar-refractivity contribution < 1.29 is 14.9 Å². The highest BCUT2D eigenvalue weighted by Gasteiger charge is 2.35. The van der Waals surface area contributed by atoms with Gasteiger partial charge in [0.05, 0.1) is 19.0 Å². The van der Waals surface area contributed by atoms with E-state index in [0.717, 1.165) is 0 Å². The van der Waals surface area contributed by atoms with Gasteiger partial charge in [0, 0.05) is 18.8 Å². The third kappa shape index (κ3) is 1.71. The van der Waals surface area contributed by atoms with Crippen molar-refractivity contribution in [1.82, 2.24) is 23.9 Å². The molecule has 9 heteroatoms. The van der Waals surface area contributed by atoms with E-state index in [4.69, 9.17) is 9.84 Å². The van der Waals surface area contributed by atoms with Crippen LogP contribution in [0.5, 0.6) is 0 Å². The molecule has 3 aromatic heterocycles. The number of rotatable bonds is 2. The smallest absolute Gasteiger partial charge is 0.280 e. The molecule has 4 heterocycles. The zero-order valence-electron chi connectivity index (χ0n) is 10.9. The zero-order chi connectivity index (χ0) is 14.6. The fourth-order valence-electron chi connectivity index (χ4n) is 2.74. The summed E-state index contributed by atoms with van der Waals surface area (Å²) in [5.41, 5.74) is 0.479. The Morgan fingerprint density at radius 2 is 2.33 bits per heavy atom. The molecule has 1 saturated heterocycles. The third-order valence-corrected chi connectivity index (χ3v) is 3.77. The molecule has 0 aromatic carbocycles. The van der Waals surface area contributed by atoms with E-state index in [1.807, 2.05) is 0 Å². The first-order valence-corrected chi connectivity index (χ1v) is 6.55. The summed E-state index contributed by atoms with van der Waals surface area (Å²) in [6.45, 7) is -0.259. The maximum absolute atomic E-state index is 12.0. The Morgan fingerprint density at radius 1 is 1.48 bits per heavy atom. The normalized spacial score (nSPS) is 26.1. The fraction of sp³-hybridized carbons (Fsp3) is 0.417. The highest BCUT2D eigenvalue weighted by Crippen LogP contribution is 2.30. The first kappa shape index (κ1) is 12.5. The summed E-state index contributed by atoms with van der Waals surface area (Å²) < 4.78 is 9.00. The Bertz CT molecular complexity index is 865. The number of H-pyrrole nitrogens is 1. The van der Waals surface area contributed by atoms with E-state index < -0.39 is 18.4 Å². The van der Waals surface area contributed by atoms with Gasteiger partial charge < -0.3 is 14.9 Å². The molecule has 3 aromatic rings. The van der Waals surface area contributed by atoms with Gasteiger partial charge in [-0.2, -0.15) is 0 Å². The average molecular weight is 291 g/mol. The summed E-state index contributed by atoms with van der Waals surface area (Å²) in [5.74, 6) is 0.409. The van der Waals surface area contributed by atoms with Crippen LogP contribution in [-0.4, -0.2) is 52.9 Å². The molecule has 0 aliphatic carbocycles. The van der Waals surface area contributed by atoms with Crippen LogP contribution >= 0.6 is 0 Å². The lowest BCUT2D eigenvalue weighted by Crippen LogP contribution is -2.24. The molecular formula is C12H13N5O4. The summed E-state index contributed by atoms with van der Waals surface area (Å²) in [4.78, 5) is 22.8. The van der Waals surface area contributed by atoms with Gasteiger partial charge in [-0.1, -0.05) is 0 Å². The van der Waals surface area contributed by atoms with Crippen LogP contribution in [0.25, 0.3) is 16.9 Å². The lowest BCUT2D eigenvalue weighted by atomic mass is 10.2. The van der Waals surface area contributed by atoms with Crippen molar-refractivity contribution in [3.05, 3.63) is 29.1 Å². The van der Waals surface area contributed by atoms with Gasteiger partial charge in [-0.3, -0.25) is 18.7 Å². The van der Waals surface area contributed by atoms with E-state index >= 15 is 0 Å². The Hall–Kier alpha value is -2.23. The summed E-state index contributed by atoms with van der Waals surface area (Å²) in [6, 6.07) is 0. The second kappa shape index (κ2) is 4.38. The van der Waals surface area contributed by atoms with Crippen molar-refractivity contribution in [3.8, 4) is 0 Å². The molecule has 0 amide bonds. The molecule has 0 radical (unpaired) electrons. The molecule has 0 spiro atoms. The SMILES string of the molecule is O=c1[nH]c2nccn2c2c1ncn2C1C[C@H](O)[C@@H](CO)O1. The minimum Gasteiger partial charge on any atom is -0.394 e. The molecule has 1 unspecified atom stereocenters. The molecule has 1 aliphatic heterocycles. The van der Waals surface area contributed by atoms with Crippen LogP contribution in [0.3, 0.4) is 0 Å². The summed E-state index contributed by atoms with van der Waals surface area (Å²) >= 11 is 0. The number of hydrogen-bond donors (Lipinski definition) is 3. The maximum Gasteiger partial charge on any atom is 0.280 e. The maximum atomic E-state index is 12.0. The van der Waals surface area contributed by atoms with Gasteiger partial charge >= 0.3 is 0 Å². The van der Waals surface area contributed by atoms with Crippen LogP contribution < -0.4 is 5.56 Å². The van der Waals surface area contributed by atoms with Crippen LogP contribution in [0, 0.1) is 0 Å². The third-order valence-electron chi connectivity index (χ3n) is 3.77. The number of nitrogens with one attached hydrogen (secondary N) is 1. The fourth-order valence-corrected chi connectivity index (χ4v) is 2.74. The van der Waals surface area contributed by atoms with Gasteiger partial charge in [-0.05, 0) is 0 Å². The van der Waals surface area contributed by atoms with E-state index in [2.05, 4.69) is 15.0 Å². The predicted molar refractivity (Wildman–Crippen MR) is 70.7 cm³/mol. The molecule has 0 saturated carbocycles. The Morgan fingerprint density at radius 3 is 3.10 bits per heavy atom. The van der Waals surface area contributed by atoms with Crippen LogP contribution in [0.15, 0.2) is 23.5 Å². The monoisotopic (exact) mass is 291 g/mol. The van der Waals surface area contributed by atoms with Crippen molar-refractivity contribution in [1.29, 1.82) is 0 Å². The lowest BCUT2D eigenvalue weighted by molar-refractivity contribution is -0.0432. The molecule has 110 valence electrons. The van der Waals surface area contributed by atoms with E-state index in [0.29, 0.717) is 17.8 Å². The van der Waals surface area contributed by atoms with E-state index in [9.17, 15) is 9.90 Å². The summed E-state index contributed by atoms with van der Waals surface area (Å²) in [7, 11) is 0. The number of aliphatic hydroxyl groups excluding tert-OH is 2. The number of fused-ring (bicyclic) bond motifs is 3. The van der Waals surface area contributed by atoms with E-state index in [1.165, 1.54) is 6.33 Å². The second-order valence-corrected chi connectivity index (χ2v) is 5.01. The Labute approximate surface area is 117 Å². The van der Waals surface area contributed by atoms with Crippen molar-refractivity contribution in [2.24, 2.45) is 0 Å². The van der Waals surface area contributed by atoms with Gasteiger partial charge in [0.1, 0.15) is 12.3 Å². The number of hydrogen-bond acceptors (Lipinski definition) is 6. The lowest BCUT2D eigenvalue weighted by Gasteiger charge is -2.14. The number of aromatic nitrogens is 5. The van der Waals surface area contributed by atoms with E-state index in [-0.39, 0.29) is 17.7 Å². The number of aromatic amines is 1. The van der Waals surface area contributed by atoms with Crippen molar-refractivity contribution in [2.45, 2.75) is 24.9 Å². The van der Waals surface area contributed by atoms with Gasteiger partial charge in [-0.15, -0.1) is 0 Å². The Kier molecular flexibility index (Phi) is 2.61. The topological polar surface area (TPSA) is 118 Å². The molecule has 1 fully saturated rings. The van der Waals surface area contributed by atoms with Crippen LogP contribution in [0.4, 0.5) is 0 Å². The molecule has 0 bridgehead atoms. The molecule has 3 N–H and O–H groups in total. The molecular weight excluding hydrogens is 278 g/mol. The molecule has 1 aliphatic rings. The zero-order valence-corrected chi connectivity index (χ0v) is 10.9. The molecule has 3 atom stereocenters. The number of nitrogens with zero attached hydrogens (tertiary/aromatic N) is 4. The van der Waals surface area contributed by atoms with E-state index in [1.54, 1.807) is 21.4 Å². The predicted octanol–water partition coefficient (Wildman–Crippen LogP) is -0.987. The molecule has 9 nitrogen and oxygen atoms in total. The van der Waals surface area contributed by atoms with Crippen LogP contribution in [-0.2, 0) is 4.74 Å². The van der Waals surface area contributed by atoms with Gasteiger partial charge in [0.2, 0.25) is 5.78 Å². The quantitative estimate of drug-likeness (QED) is 0.558. The number of imidazole rings is 2. The summed E-state index contributed by atoms with van der Waals surface area (Å²) in [6.07, 6.45) is 3.22. The minimum atomic E-state index is -0.752. The average Bonchev–Trinajstić information content (AvgIpc) is 3.14. The molecule has 4 rings (SSSR count). The highest BCUT2D eigenvalue weighted by atomic mass is 16.5. The van der Waals surface area contributed by atoms with Gasteiger partial charge in [-0.25, -0.2) is 9.97 Å². The first-order valence-electron chi connectivity index (χ1n) is 6.55. The Balaban J connectivity index is 1.92. The van der Waals surface area contributed by atoms with Crippen LogP contribution in [0.1, 0.15) is 12.6 Å². The van der Waals surface area contributed by atoms with Crippen LogP contribution in [0.2, 0.25) is 0 Å². The molecule has 21 heavy (non-hydrogen) atoms. The van der Waals surface area contributed by atoms with Gasteiger partial charge in [0.25, 0.3) is 5.56 Å². The standard InChI is InChI=1S/C12H13N5O4/c18-4-7-6(19)3-8(21-7)17-5-14-9-10(20)15-12-13-1-2-16(12)11(9)17/h1-2,5-8,18-19H,3-4H2,(H,13,15,20)/t6-,7+,8?/m0/s1. The van der Waals surface area contributed by atoms with Crippen molar-refractivity contribution in [3.63, 3.8) is 0 Å². The number of aliphatic hydroxyl groups is 2. The van der Waals surface area contributed by atoms with Crippen molar-refractivity contribution in [2.75, 3.05) is 6.61 Å². The van der Waals surface area contributed by atoms with Crippen molar-refractivity contribution >= 4 is 16.9 Å². The largest absolute Gasteiger partial charge is 0.394 e. The highest BCUT2D eigenvalue weighted by molar-refractivity contribution is 5.72. The number of ether oxygens (including phenoxy) is 1. The van der Waals surface area contributed by atoms with Gasteiger partial charge in [0.15, 0.2) is 11.2 Å².